The van der Waals surface area contributed by atoms with Gasteiger partial charge >= 0.3 is 0 Å². The molecule has 2 aliphatic carbocycles. The molecule has 0 heterocycles. The Balaban J connectivity index is 1.03. The first kappa shape index (κ1) is 35.5. The lowest BCUT2D eigenvalue weighted by Crippen LogP contribution is -2.26. The zero-order valence-corrected chi connectivity index (χ0v) is 32.0. The first-order valence-corrected chi connectivity index (χ1v) is 19.7. The Morgan fingerprint density at radius 3 is 1.74 bits per heavy atom. The van der Waals surface area contributed by atoms with Crippen LogP contribution in [0.2, 0.25) is 0 Å². The van der Waals surface area contributed by atoms with Crippen molar-refractivity contribution in [2.45, 2.75) is 12.3 Å². The zero-order valence-electron chi connectivity index (χ0n) is 32.0. The van der Waals surface area contributed by atoms with Gasteiger partial charge in [-0.1, -0.05) is 218 Å². The minimum atomic E-state index is -0.409. The molecule has 9 rings (SSSR count). The van der Waals surface area contributed by atoms with Crippen molar-refractivity contribution in [3.05, 3.63) is 269 Å². The molecule has 0 atom stereocenters. The van der Waals surface area contributed by atoms with E-state index in [1.54, 1.807) is 0 Å². The van der Waals surface area contributed by atoms with Crippen LogP contribution in [0.4, 0.5) is 5.69 Å². The maximum Gasteiger partial charge on any atom is 0.0725 e. The fourth-order valence-corrected chi connectivity index (χ4v) is 8.63. The van der Waals surface area contributed by atoms with E-state index in [0.29, 0.717) is 0 Å². The summed E-state index contributed by atoms with van der Waals surface area (Å²) in [5.41, 5.74) is 18.1. The highest BCUT2D eigenvalue weighted by Gasteiger charge is 2.51. The average molecular weight is 730 g/mol. The van der Waals surface area contributed by atoms with E-state index < -0.39 is 5.41 Å². The van der Waals surface area contributed by atoms with E-state index in [1.807, 2.05) is 6.20 Å². The van der Waals surface area contributed by atoms with E-state index in [0.717, 1.165) is 28.0 Å². The standard InChI is InChI=1S/C56H43N/c1-2-18-47-48-25-10-13-28-51(48)56(52-29-14-11-26-49(52)50-27-12-15-30-53(50)56)54(47)39-38-46-23-9-16-31-55(46)57-40-17-24-44(42-19-5-3-6-20-42)35-32-41-33-36-45(37-34-41)43-21-7-4-8-22-43/h2-40,57H,1H3/b18-2-,35-32-,39-38?,40-17+,44-24+. The number of hydrogen-bond donors (Lipinski definition) is 1. The van der Waals surface area contributed by atoms with Crippen LogP contribution >= 0.6 is 0 Å². The summed E-state index contributed by atoms with van der Waals surface area (Å²) in [4.78, 5) is 0. The molecule has 0 saturated carbocycles. The predicted octanol–water partition coefficient (Wildman–Crippen LogP) is 14.4. The van der Waals surface area contributed by atoms with Crippen LogP contribution in [0.15, 0.2) is 230 Å². The van der Waals surface area contributed by atoms with E-state index >= 15 is 0 Å². The molecule has 0 bridgehead atoms. The first-order valence-electron chi connectivity index (χ1n) is 19.7. The van der Waals surface area contributed by atoms with E-state index in [2.05, 4.69) is 243 Å². The molecule has 1 nitrogen and oxygen atoms in total. The maximum atomic E-state index is 3.61. The van der Waals surface area contributed by atoms with Crippen LogP contribution in [-0.2, 0) is 5.41 Å². The smallest absolute Gasteiger partial charge is 0.0725 e. The molecule has 0 aliphatic heterocycles. The second-order valence-corrected chi connectivity index (χ2v) is 14.4. The Morgan fingerprint density at radius 2 is 1.05 bits per heavy atom. The van der Waals surface area contributed by atoms with Gasteiger partial charge in [-0.25, -0.2) is 0 Å². The van der Waals surface area contributed by atoms with Crippen LogP contribution in [-0.4, -0.2) is 0 Å². The summed E-state index contributed by atoms with van der Waals surface area (Å²) in [5, 5.41) is 3.61. The van der Waals surface area contributed by atoms with Gasteiger partial charge < -0.3 is 5.32 Å². The van der Waals surface area contributed by atoms with Crippen molar-refractivity contribution in [3.63, 3.8) is 0 Å². The second kappa shape index (κ2) is 15.9. The number of rotatable bonds is 10. The molecule has 0 fully saturated rings. The SMILES string of the molecule is C/C=C\C1=C(C=Cc2ccccc2N/C=C/C=C(\C=C/c2ccc(-c3ccccc3)cc2)c2ccccc2)C2(c3ccccc31)c1ccccc1-c1ccccc12. The zero-order chi connectivity index (χ0) is 38.4. The van der Waals surface area contributed by atoms with Crippen molar-refractivity contribution >= 4 is 29.0 Å². The van der Waals surface area contributed by atoms with Gasteiger partial charge in [-0.05, 0) is 97.0 Å². The molecule has 7 aromatic rings. The van der Waals surface area contributed by atoms with Gasteiger partial charge in [-0.3, -0.25) is 0 Å². The van der Waals surface area contributed by atoms with Crippen LogP contribution in [0.3, 0.4) is 0 Å². The van der Waals surface area contributed by atoms with Crippen LogP contribution in [0, 0.1) is 0 Å². The van der Waals surface area contributed by atoms with Crippen molar-refractivity contribution in [2.24, 2.45) is 0 Å². The predicted molar refractivity (Wildman–Crippen MR) is 244 cm³/mol. The number of hydrogen-bond acceptors (Lipinski definition) is 1. The van der Waals surface area contributed by atoms with Crippen LogP contribution in [0.5, 0.6) is 0 Å². The maximum absolute atomic E-state index is 3.61. The molecule has 0 amide bonds. The Bertz CT molecular complexity index is 2690. The number of benzene rings is 7. The van der Waals surface area contributed by atoms with Gasteiger partial charge in [0.2, 0.25) is 0 Å². The summed E-state index contributed by atoms with van der Waals surface area (Å²) in [7, 11) is 0. The molecule has 0 aromatic heterocycles. The molecule has 57 heavy (non-hydrogen) atoms. The largest absolute Gasteiger partial charge is 0.361 e. The Kier molecular flexibility index (Phi) is 9.88. The monoisotopic (exact) mass is 729 g/mol. The summed E-state index contributed by atoms with van der Waals surface area (Å²) in [6, 6.07) is 65.2. The van der Waals surface area contributed by atoms with Crippen molar-refractivity contribution in [3.8, 4) is 22.3 Å². The molecule has 1 heteroatoms. The lowest BCUT2D eigenvalue weighted by Gasteiger charge is -2.31. The van der Waals surface area contributed by atoms with Gasteiger partial charge in [0.25, 0.3) is 0 Å². The third-order valence-electron chi connectivity index (χ3n) is 11.2. The number of anilines is 1. The molecule has 0 unspecified atom stereocenters. The Labute approximate surface area is 336 Å². The van der Waals surface area contributed by atoms with E-state index in [9.17, 15) is 0 Å². The van der Waals surface area contributed by atoms with Gasteiger partial charge in [-0.15, -0.1) is 0 Å². The van der Waals surface area contributed by atoms with Crippen LogP contribution < -0.4 is 5.32 Å². The number of para-hydroxylation sites is 1. The third kappa shape index (κ3) is 6.64. The van der Waals surface area contributed by atoms with Crippen LogP contribution in [0.1, 0.15) is 45.9 Å². The molecule has 0 radical (unpaired) electrons. The quantitative estimate of drug-likeness (QED) is 0.138. The van der Waals surface area contributed by atoms with Gasteiger partial charge in [0, 0.05) is 11.9 Å². The first-order chi connectivity index (χ1) is 28.3. The number of allylic oxidation sites excluding steroid dienone is 9. The number of fused-ring (bicyclic) bond motifs is 7. The summed E-state index contributed by atoms with van der Waals surface area (Å²) >= 11 is 0. The van der Waals surface area contributed by atoms with Gasteiger partial charge in [0.05, 0.1) is 5.41 Å². The van der Waals surface area contributed by atoms with Gasteiger partial charge in [0.1, 0.15) is 0 Å². The Morgan fingerprint density at radius 1 is 0.491 bits per heavy atom. The average Bonchev–Trinajstić information content (AvgIpc) is 3.73. The van der Waals surface area contributed by atoms with Crippen molar-refractivity contribution in [1.29, 1.82) is 0 Å². The fraction of sp³-hybridized carbons (Fsp3) is 0.0357. The van der Waals surface area contributed by atoms with Crippen molar-refractivity contribution in [1.82, 2.24) is 0 Å². The second-order valence-electron chi connectivity index (χ2n) is 14.4. The topological polar surface area (TPSA) is 12.0 Å². The molecular weight excluding hydrogens is 687 g/mol. The van der Waals surface area contributed by atoms with Gasteiger partial charge in [0.15, 0.2) is 0 Å². The normalized spacial score (nSPS) is 14.3. The van der Waals surface area contributed by atoms with E-state index in [1.165, 1.54) is 55.7 Å². The lowest BCUT2D eigenvalue weighted by atomic mass is 9.69. The van der Waals surface area contributed by atoms with Gasteiger partial charge in [-0.2, -0.15) is 0 Å². The molecule has 7 aromatic carbocycles. The summed E-state index contributed by atoms with van der Waals surface area (Å²) in [5.74, 6) is 0. The third-order valence-corrected chi connectivity index (χ3v) is 11.2. The molecule has 0 saturated heterocycles. The summed E-state index contributed by atoms with van der Waals surface area (Å²) < 4.78 is 0. The molecule has 2 aliphatic rings. The van der Waals surface area contributed by atoms with Crippen molar-refractivity contribution < 1.29 is 0 Å². The van der Waals surface area contributed by atoms with Crippen molar-refractivity contribution in [2.75, 3.05) is 5.32 Å². The highest BCUT2D eigenvalue weighted by Crippen LogP contribution is 2.62. The van der Waals surface area contributed by atoms with Crippen LogP contribution in [0.25, 0.3) is 45.6 Å². The molecule has 1 N–H and O–H groups in total. The van der Waals surface area contributed by atoms with E-state index in [4.69, 9.17) is 0 Å². The Hall–Kier alpha value is -7.22. The lowest BCUT2D eigenvalue weighted by molar-refractivity contribution is 0.787. The molecule has 1 spiro atoms. The summed E-state index contributed by atoms with van der Waals surface area (Å²) in [6.45, 7) is 2.11. The number of nitrogens with one attached hydrogen (secondary N) is 1. The highest BCUT2D eigenvalue weighted by atomic mass is 14.8. The summed E-state index contributed by atoms with van der Waals surface area (Å²) in [6.07, 6.45) is 19.8. The van der Waals surface area contributed by atoms with E-state index in [-0.39, 0.29) is 0 Å². The minimum Gasteiger partial charge on any atom is -0.361 e. The minimum absolute atomic E-state index is 0.409. The molecule has 272 valence electrons. The fourth-order valence-electron chi connectivity index (χ4n) is 8.63. The highest BCUT2D eigenvalue weighted by molar-refractivity contribution is 5.98. The molecular formula is C56H43N.